The first-order chi connectivity index (χ1) is 15.5. The Hall–Kier alpha value is -2.36. The minimum Gasteiger partial charge on any atom is -0.459 e. The fourth-order valence-corrected chi connectivity index (χ4v) is 3.98. The Morgan fingerprint density at radius 2 is 1.06 bits per heavy atom. The number of carbonyl (C=O) groups excluding carboxylic acids is 2. The lowest BCUT2D eigenvalue weighted by Crippen LogP contribution is -2.17. The predicted molar refractivity (Wildman–Crippen MR) is 131 cm³/mol. The van der Waals surface area contributed by atoms with E-state index < -0.39 is 0 Å². The van der Waals surface area contributed by atoms with Crippen molar-refractivity contribution in [2.24, 2.45) is 0 Å². The molecule has 0 saturated heterocycles. The number of ether oxygens (including phenoxy) is 2. The number of fused-ring (bicyclic) bond motifs is 1. The van der Waals surface area contributed by atoms with Crippen LogP contribution in [-0.2, 0) is 9.47 Å². The standard InChI is InChI=1S/C28H40O4/c1-5-7-9-11-15-21(3)31-27(29)25-19-20-26(24-18-14-13-17-23(24)25)28(30)32-22(4)16-12-10-8-6-2/h13-14,17-22H,5-12,15-16H2,1-4H3/t21-,22-/m1/s1. The van der Waals surface area contributed by atoms with Crippen LogP contribution in [0.25, 0.3) is 10.8 Å². The molecule has 0 radical (unpaired) electrons. The monoisotopic (exact) mass is 440 g/mol. The molecule has 0 bridgehead atoms. The molecule has 32 heavy (non-hydrogen) atoms. The summed E-state index contributed by atoms with van der Waals surface area (Å²) in [5.41, 5.74) is 0.982. The number of benzene rings is 2. The Balaban J connectivity index is 2.08. The van der Waals surface area contributed by atoms with Gasteiger partial charge in [0.05, 0.1) is 23.3 Å². The van der Waals surface area contributed by atoms with Crippen LogP contribution in [0.4, 0.5) is 0 Å². The van der Waals surface area contributed by atoms with Crippen molar-refractivity contribution in [1.82, 2.24) is 0 Å². The summed E-state index contributed by atoms with van der Waals surface area (Å²) in [6.45, 7) is 8.25. The average molecular weight is 441 g/mol. The second kappa shape index (κ2) is 13.9. The summed E-state index contributed by atoms with van der Waals surface area (Å²) in [5.74, 6) is -0.679. The van der Waals surface area contributed by atoms with Gasteiger partial charge in [0.2, 0.25) is 0 Å². The normalized spacial score (nSPS) is 13.0. The fourth-order valence-electron chi connectivity index (χ4n) is 3.98. The van der Waals surface area contributed by atoms with Gasteiger partial charge in [0.25, 0.3) is 0 Å². The van der Waals surface area contributed by atoms with Gasteiger partial charge in [-0.05, 0) is 62.4 Å². The van der Waals surface area contributed by atoms with Gasteiger partial charge in [0.15, 0.2) is 0 Å². The molecule has 2 atom stereocenters. The fraction of sp³-hybridized carbons (Fsp3) is 0.571. The largest absolute Gasteiger partial charge is 0.459 e. The van der Waals surface area contributed by atoms with Crippen LogP contribution in [0.2, 0.25) is 0 Å². The zero-order valence-corrected chi connectivity index (χ0v) is 20.3. The van der Waals surface area contributed by atoms with Gasteiger partial charge in [-0.1, -0.05) is 76.6 Å². The Morgan fingerprint density at radius 3 is 1.44 bits per heavy atom. The van der Waals surface area contributed by atoms with Gasteiger partial charge in [0.1, 0.15) is 0 Å². The molecule has 2 aromatic carbocycles. The Kier molecular flexibility index (Phi) is 11.3. The highest BCUT2D eigenvalue weighted by Crippen LogP contribution is 2.25. The molecule has 0 fully saturated rings. The molecule has 4 heteroatoms. The maximum absolute atomic E-state index is 12.8. The van der Waals surface area contributed by atoms with Gasteiger partial charge >= 0.3 is 11.9 Å². The van der Waals surface area contributed by atoms with E-state index in [0.717, 1.165) is 49.3 Å². The van der Waals surface area contributed by atoms with E-state index in [1.54, 1.807) is 12.1 Å². The predicted octanol–water partition coefficient (Wildman–Crippen LogP) is 7.87. The van der Waals surface area contributed by atoms with Crippen molar-refractivity contribution >= 4 is 22.7 Å². The third-order valence-electron chi connectivity index (χ3n) is 5.91. The van der Waals surface area contributed by atoms with Crippen LogP contribution in [0, 0.1) is 0 Å². The molecule has 2 aromatic rings. The molecular formula is C28H40O4. The molecular weight excluding hydrogens is 400 g/mol. The molecule has 0 amide bonds. The number of carbonyl (C=O) groups is 2. The van der Waals surface area contributed by atoms with Gasteiger partial charge in [-0.15, -0.1) is 0 Å². The van der Waals surface area contributed by atoms with Gasteiger partial charge in [0, 0.05) is 0 Å². The molecule has 4 nitrogen and oxygen atoms in total. The number of esters is 2. The summed E-state index contributed by atoms with van der Waals surface area (Å²) in [7, 11) is 0. The van der Waals surface area contributed by atoms with Gasteiger partial charge in [-0.2, -0.15) is 0 Å². The van der Waals surface area contributed by atoms with Crippen molar-refractivity contribution in [2.75, 3.05) is 0 Å². The van der Waals surface area contributed by atoms with Crippen LogP contribution >= 0.6 is 0 Å². The molecule has 0 unspecified atom stereocenters. The van der Waals surface area contributed by atoms with Crippen molar-refractivity contribution in [3.05, 3.63) is 47.5 Å². The topological polar surface area (TPSA) is 52.6 Å². The maximum atomic E-state index is 12.8. The molecule has 0 aliphatic carbocycles. The van der Waals surface area contributed by atoms with E-state index in [9.17, 15) is 9.59 Å². The Labute approximate surface area is 193 Å². The highest BCUT2D eigenvalue weighted by molar-refractivity contribution is 6.11. The molecule has 0 N–H and O–H groups in total. The molecule has 0 heterocycles. The Bertz CT molecular complexity index is 787. The highest BCUT2D eigenvalue weighted by Gasteiger charge is 2.20. The number of hydrogen-bond acceptors (Lipinski definition) is 4. The van der Waals surface area contributed by atoms with Crippen molar-refractivity contribution in [2.45, 2.75) is 104 Å². The minimum absolute atomic E-state index is 0.128. The van der Waals surface area contributed by atoms with Crippen LogP contribution in [0.5, 0.6) is 0 Å². The second-order valence-corrected chi connectivity index (χ2v) is 8.84. The molecule has 0 aliphatic rings. The lowest BCUT2D eigenvalue weighted by Gasteiger charge is -2.16. The molecule has 0 aromatic heterocycles. The number of rotatable bonds is 14. The zero-order chi connectivity index (χ0) is 23.3. The molecule has 176 valence electrons. The lowest BCUT2D eigenvalue weighted by molar-refractivity contribution is 0.0307. The third kappa shape index (κ3) is 7.96. The van der Waals surface area contributed by atoms with Crippen molar-refractivity contribution in [3.8, 4) is 0 Å². The molecule has 0 spiro atoms. The third-order valence-corrected chi connectivity index (χ3v) is 5.91. The van der Waals surface area contributed by atoms with Gasteiger partial charge in [-0.3, -0.25) is 0 Å². The van der Waals surface area contributed by atoms with Crippen LogP contribution in [0.1, 0.15) is 113 Å². The summed E-state index contributed by atoms with van der Waals surface area (Å²) < 4.78 is 11.4. The smallest absolute Gasteiger partial charge is 0.339 e. The lowest BCUT2D eigenvalue weighted by atomic mass is 9.99. The Morgan fingerprint density at radius 1 is 0.656 bits per heavy atom. The van der Waals surface area contributed by atoms with E-state index in [4.69, 9.17) is 9.47 Å². The van der Waals surface area contributed by atoms with E-state index in [1.165, 1.54) is 25.7 Å². The molecule has 0 saturated carbocycles. The number of unbranched alkanes of at least 4 members (excludes halogenated alkanes) is 6. The van der Waals surface area contributed by atoms with E-state index in [0.29, 0.717) is 11.1 Å². The first kappa shape index (κ1) is 25.9. The summed E-state index contributed by atoms with van der Waals surface area (Å²) in [6.07, 6.45) is 10.7. The maximum Gasteiger partial charge on any atom is 0.339 e. The van der Waals surface area contributed by atoms with Crippen LogP contribution in [-0.4, -0.2) is 24.1 Å². The van der Waals surface area contributed by atoms with E-state index in [-0.39, 0.29) is 24.1 Å². The first-order valence-corrected chi connectivity index (χ1v) is 12.4. The SMILES string of the molecule is CCCCCC[C@@H](C)OC(=O)c1ccc(C(=O)O[C@H](C)CCCCCC)c2ccccc12. The molecule has 2 rings (SSSR count). The van der Waals surface area contributed by atoms with Crippen LogP contribution in [0.3, 0.4) is 0 Å². The summed E-state index contributed by atoms with van der Waals surface area (Å²) >= 11 is 0. The second-order valence-electron chi connectivity index (χ2n) is 8.84. The van der Waals surface area contributed by atoms with Gasteiger partial charge < -0.3 is 9.47 Å². The van der Waals surface area contributed by atoms with E-state index >= 15 is 0 Å². The van der Waals surface area contributed by atoms with Crippen molar-refractivity contribution in [1.29, 1.82) is 0 Å². The number of hydrogen-bond donors (Lipinski definition) is 0. The first-order valence-electron chi connectivity index (χ1n) is 12.4. The summed E-state index contributed by atoms with van der Waals surface area (Å²) in [5, 5.41) is 1.45. The zero-order valence-electron chi connectivity index (χ0n) is 20.3. The summed E-state index contributed by atoms with van der Waals surface area (Å²) in [4.78, 5) is 25.7. The quantitative estimate of drug-likeness (QED) is 0.221. The van der Waals surface area contributed by atoms with Crippen LogP contribution < -0.4 is 0 Å². The highest BCUT2D eigenvalue weighted by atomic mass is 16.5. The van der Waals surface area contributed by atoms with E-state index in [2.05, 4.69) is 13.8 Å². The van der Waals surface area contributed by atoms with Crippen molar-refractivity contribution in [3.63, 3.8) is 0 Å². The van der Waals surface area contributed by atoms with Crippen LogP contribution in [0.15, 0.2) is 36.4 Å². The summed E-state index contributed by atoms with van der Waals surface area (Å²) in [6, 6.07) is 10.9. The van der Waals surface area contributed by atoms with E-state index in [1.807, 2.05) is 38.1 Å². The minimum atomic E-state index is -0.339. The van der Waals surface area contributed by atoms with Gasteiger partial charge in [-0.25, -0.2) is 9.59 Å². The van der Waals surface area contributed by atoms with Crippen molar-refractivity contribution < 1.29 is 19.1 Å². The average Bonchev–Trinajstić information content (AvgIpc) is 2.78. The molecule has 0 aliphatic heterocycles.